The van der Waals surface area contributed by atoms with Crippen LogP contribution in [0.3, 0.4) is 0 Å². The van der Waals surface area contributed by atoms with E-state index in [1.165, 1.54) is 11.1 Å². The zero-order chi connectivity index (χ0) is 17.4. The average molecular weight is 332 g/mol. The van der Waals surface area contributed by atoms with Crippen LogP contribution in [-0.4, -0.2) is 23.9 Å². The van der Waals surface area contributed by atoms with Gasteiger partial charge in [-0.2, -0.15) is 5.26 Å². The molecule has 2 aliphatic heterocycles. The molecule has 0 unspecified atom stereocenters. The number of aryl methyl sites for hydroxylation is 1. The van der Waals surface area contributed by atoms with Crippen molar-refractivity contribution < 1.29 is 9.53 Å². The molecule has 4 rings (SSSR count). The topological polar surface area (TPSA) is 53.3 Å². The Kier molecular flexibility index (Phi) is 3.82. The maximum Gasteiger partial charge on any atom is 0.253 e. The van der Waals surface area contributed by atoms with Crippen molar-refractivity contribution in [1.82, 2.24) is 4.90 Å². The fourth-order valence-electron chi connectivity index (χ4n) is 3.97. The smallest absolute Gasteiger partial charge is 0.253 e. The van der Waals surface area contributed by atoms with Crippen LogP contribution in [0.15, 0.2) is 42.5 Å². The molecule has 1 fully saturated rings. The van der Waals surface area contributed by atoms with Gasteiger partial charge in [-0.25, -0.2) is 0 Å². The van der Waals surface area contributed by atoms with Gasteiger partial charge < -0.3 is 9.64 Å². The summed E-state index contributed by atoms with van der Waals surface area (Å²) in [6.07, 6.45) is 1.65. The summed E-state index contributed by atoms with van der Waals surface area (Å²) < 4.78 is 6.16. The van der Waals surface area contributed by atoms with Gasteiger partial charge >= 0.3 is 0 Å². The summed E-state index contributed by atoms with van der Waals surface area (Å²) in [5, 5.41) is 9.04. The van der Waals surface area contributed by atoms with Crippen LogP contribution in [0, 0.1) is 18.3 Å². The van der Waals surface area contributed by atoms with Crippen LogP contribution in [0.1, 0.15) is 45.5 Å². The first kappa shape index (κ1) is 15.9. The number of amides is 1. The van der Waals surface area contributed by atoms with Crippen molar-refractivity contribution in [2.75, 3.05) is 13.1 Å². The highest BCUT2D eigenvalue weighted by Crippen LogP contribution is 2.44. The van der Waals surface area contributed by atoms with Crippen LogP contribution in [0.25, 0.3) is 0 Å². The van der Waals surface area contributed by atoms with E-state index in [9.17, 15) is 4.79 Å². The number of likely N-dealkylation sites (tertiary alicyclic amines) is 1. The molecule has 4 nitrogen and oxygen atoms in total. The number of hydrogen-bond acceptors (Lipinski definition) is 3. The fraction of sp³-hybridized carbons (Fsp3) is 0.333. The molecule has 1 amide bonds. The Morgan fingerprint density at radius 3 is 2.68 bits per heavy atom. The zero-order valence-electron chi connectivity index (χ0n) is 14.3. The highest BCUT2D eigenvalue weighted by molar-refractivity contribution is 5.94. The number of benzene rings is 2. The molecule has 2 aliphatic rings. The van der Waals surface area contributed by atoms with Crippen molar-refractivity contribution in [3.63, 3.8) is 0 Å². The van der Waals surface area contributed by atoms with E-state index in [1.54, 1.807) is 12.1 Å². The fourth-order valence-corrected chi connectivity index (χ4v) is 3.97. The van der Waals surface area contributed by atoms with E-state index in [-0.39, 0.29) is 11.5 Å². The summed E-state index contributed by atoms with van der Waals surface area (Å²) in [4.78, 5) is 14.7. The van der Waals surface area contributed by atoms with Crippen LogP contribution in [0.5, 0.6) is 0 Å². The minimum absolute atomic E-state index is 0.0359. The van der Waals surface area contributed by atoms with E-state index in [0.717, 1.165) is 18.4 Å². The zero-order valence-corrected chi connectivity index (χ0v) is 14.3. The first-order valence-electron chi connectivity index (χ1n) is 8.65. The van der Waals surface area contributed by atoms with Crippen LogP contribution in [-0.2, 0) is 16.9 Å². The summed E-state index contributed by atoms with van der Waals surface area (Å²) >= 11 is 0. The molecule has 4 heteroatoms. The highest BCUT2D eigenvalue weighted by Gasteiger charge is 2.43. The quantitative estimate of drug-likeness (QED) is 0.803. The summed E-state index contributed by atoms with van der Waals surface area (Å²) in [6, 6.07) is 15.8. The molecule has 0 radical (unpaired) electrons. The molecule has 1 saturated heterocycles. The van der Waals surface area contributed by atoms with Crippen molar-refractivity contribution in [1.29, 1.82) is 5.26 Å². The van der Waals surface area contributed by atoms with Gasteiger partial charge in [0, 0.05) is 18.7 Å². The molecule has 2 heterocycles. The molecule has 0 bridgehead atoms. The van der Waals surface area contributed by atoms with Crippen LogP contribution >= 0.6 is 0 Å². The first-order chi connectivity index (χ1) is 12.1. The van der Waals surface area contributed by atoms with Crippen molar-refractivity contribution in [3.8, 4) is 6.07 Å². The van der Waals surface area contributed by atoms with Gasteiger partial charge in [-0.05, 0) is 54.7 Å². The third-order valence-corrected chi connectivity index (χ3v) is 5.46. The Labute approximate surface area is 147 Å². The monoisotopic (exact) mass is 332 g/mol. The molecule has 1 spiro atoms. The van der Waals surface area contributed by atoms with E-state index < -0.39 is 0 Å². The summed E-state index contributed by atoms with van der Waals surface area (Å²) in [5.74, 6) is 0.0359. The van der Waals surface area contributed by atoms with Crippen molar-refractivity contribution in [3.05, 3.63) is 70.3 Å². The molecular formula is C21H20N2O2. The van der Waals surface area contributed by atoms with Gasteiger partial charge in [-0.15, -0.1) is 0 Å². The maximum absolute atomic E-state index is 12.8. The van der Waals surface area contributed by atoms with E-state index >= 15 is 0 Å². The lowest BCUT2D eigenvalue weighted by Crippen LogP contribution is -2.45. The van der Waals surface area contributed by atoms with E-state index in [1.807, 2.05) is 24.0 Å². The van der Waals surface area contributed by atoms with Gasteiger partial charge in [0.25, 0.3) is 5.91 Å². The van der Waals surface area contributed by atoms with E-state index in [4.69, 9.17) is 10.00 Å². The first-order valence-corrected chi connectivity index (χ1v) is 8.65. The van der Waals surface area contributed by atoms with Gasteiger partial charge in [-0.3, -0.25) is 4.79 Å². The minimum atomic E-state index is -0.228. The number of rotatable bonds is 1. The Bertz CT molecular complexity index is 874. The SMILES string of the molecule is Cc1cc(C(=O)N2CCC3(CC2)OCc2ccccc23)ccc1C#N. The molecule has 126 valence electrons. The standard InChI is InChI=1S/C21H20N2O2/c1-15-12-16(6-7-17(15)13-22)20(24)23-10-8-21(9-11-23)19-5-3-2-4-18(19)14-25-21/h2-7,12H,8-11,14H2,1H3. The molecule has 0 N–H and O–H groups in total. The second-order valence-corrected chi connectivity index (χ2v) is 6.87. The predicted molar refractivity (Wildman–Crippen MR) is 93.9 cm³/mol. The van der Waals surface area contributed by atoms with Crippen LogP contribution in [0.2, 0.25) is 0 Å². The van der Waals surface area contributed by atoms with Crippen LogP contribution in [0.4, 0.5) is 0 Å². The third kappa shape index (κ3) is 2.61. The predicted octanol–water partition coefficient (Wildman–Crippen LogP) is 3.53. The lowest BCUT2D eigenvalue weighted by atomic mass is 9.83. The molecule has 0 saturated carbocycles. The number of carbonyl (C=O) groups excluding carboxylic acids is 1. The second kappa shape index (κ2) is 6.02. The Morgan fingerprint density at radius 1 is 1.20 bits per heavy atom. The maximum atomic E-state index is 12.8. The van der Waals surface area contributed by atoms with Crippen molar-refractivity contribution >= 4 is 5.91 Å². The van der Waals surface area contributed by atoms with E-state index in [2.05, 4.69) is 24.3 Å². The van der Waals surface area contributed by atoms with E-state index in [0.29, 0.717) is 30.8 Å². The molecule has 2 aromatic rings. The van der Waals surface area contributed by atoms with Crippen LogP contribution < -0.4 is 0 Å². The Balaban J connectivity index is 1.50. The number of nitriles is 1. The highest BCUT2D eigenvalue weighted by atomic mass is 16.5. The molecular weight excluding hydrogens is 312 g/mol. The largest absolute Gasteiger partial charge is 0.365 e. The number of nitrogens with zero attached hydrogens (tertiary/aromatic N) is 2. The lowest BCUT2D eigenvalue weighted by molar-refractivity contribution is -0.0741. The summed E-state index contributed by atoms with van der Waals surface area (Å²) in [6.45, 7) is 3.90. The third-order valence-electron chi connectivity index (χ3n) is 5.46. The van der Waals surface area contributed by atoms with Gasteiger partial charge in [0.05, 0.1) is 23.8 Å². The number of fused-ring (bicyclic) bond motifs is 2. The summed E-state index contributed by atoms with van der Waals surface area (Å²) in [7, 11) is 0. The van der Waals surface area contributed by atoms with Gasteiger partial charge in [0.2, 0.25) is 0 Å². The number of ether oxygens (including phenoxy) is 1. The van der Waals surface area contributed by atoms with Crippen molar-refractivity contribution in [2.45, 2.75) is 32.0 Å². The minimum Gasteiger partial charge on any atom is -0.365 e. The van der Waals surface area contributed by atoms with Gasteiger partial charge in [0.15, 0.2) is 0 Å². The summed E-state index contributed by atoms with van der Waals surface area (Å²) in [5.41, 5.74) is 4.44. The molecule has 0 atom stereocenters. The number of hydrogen-bond donors (Lipinski definition) is 0. The molecule has 25 heavy (non-hydrogen) atoms. The molecule has 0 aliphatic carbocycles. The molecule has 0 aromatic heterocycles. The Morgan fingerprint density at radius 2 is 1.96 bits per heavy atom. The molecule has 2 aromatic carbocycles. The van der Waals surface area contributed by atoms with Gasteiger partial charge in [0.1, 0.15) is 0 Å². The Hall–Kier alpha value is -2.64. The number of piperidine rings is 1. The normalized spacial score (nSPS) is 18.0. The van der Waals surface area contributed by atoms with Crippen molar-refractivity contribution in [2.24, 2.45) is 0 Å². The lowest BCUT2D eigenvalue weighted by Gasteiger charge is -2.39. The number of carbonyl (C=O) groups is 1. The average Bonchev–Trinajstić information content (AvgIpc) is 3.00. The van der Waals surface area contributed by atoms with Gasteiger partial charge in [-0.1, -0.05) is 24.3 Å². The second-order valence-electron chi connectivity index (χ2n) is 6.87.